The SMILES string of the molecule is Cc1ccccc1Oc1nccnc1N1CCC(C(=O)NC2CCN(Cc3ccccc3)CC2)CC1. The fourth-order valence-corrected chi connectivity index (χ4v) is 5.13. The average Bonchev–Trinajstić information content (AvgIpc) is 2.92. The topological polar surface area (TPSA) is 70.6 Å². The van der Waals surface area contributed by atoms with Crippen LogP contribution < -0.4 is 15.0 Å². The van der Waals surface area contributed by atoms with Gasteiger partial charge in [0.25, 0.3) is 5.88 Å². The number of amides is 1. The van der Waals surface area contributed by atoms with Gasteiger partial charge in [-0.15, -0.1) is 0 Å². The fourth-order valence-electron chi connectivity index (χ4n) is 5.13. The van der Waals surface area contributed by atoms with Gasteiger partial charge in [0.15, 0.2) is 5.82 Å². The molecule has 2 aliphatic rings. The molecular weight excluding hydrogens is 450 g/mol. The summed E-state index contributed by atoms with van der Waals surface area (Å²) in [4.78, 5) is 26.7. The smallest absolute Gasteiger partial charge is 0.263 e. The van der Waals surface area contributed by atoms with E-state index in [4.69, 9.17) is 4.74 Å². The first-order valence-electron chi connectivity index (χ1n) is 13.0. The molecule has 0 bridgehead atoms. The lowest BCUT2D eigenvalue weighted by atomic mass is 9.94. The maximum absolute atomic E-state index is 13.0. The largest absolute Gasteiger partial charge is 0.436 e. The second-order valence-electron chi connectivity index (χ2n) is 9.86. The van der Waals surface area contributed by atoms with Gasteiger partial charge in [-0.2, -0.15) is 0 Å². The van der Waals surface area contributed by atoms with Crippen molar-refractivity contribution >= 4 is 11.7 Å². The van der Waals surface area contributed by atoms with E-state index in [1.807, 2.05) is 31.2 Å². The van der Waals surface area contributed by atoms with Crippen LogP contribution in [-0.2, 0) is 11.3 Å². The van der Waals surface area contributed by atoms with Crippen LogP contribution in [0.1, 0.15) is 36.8 Å². The number of nitrogens with zero attached hydrogens (tertiary/aromatic N) is 4. The molecular formula is C29H35N5O2. The Labute approximate surface area is 213 Å². The fraction of sp³-hybridized carbons (Fsp3) is 0.414. The van der Waals surface area contributed by atoms with Crippen LogP contribution in [0.4, 0.5) is 5.82 Å². The summed E-state index contributed by atoms with van der Waals surface area (Å²) in [5.41, 5.74) is 2.40. The molecule has 2 aromatic carbocycles. The van der Waals surface area contributed by atoms with Crippen molar-refractivity contribution in [3.8, 4) is 11.6 Å². The first kappa shape index (κ1) is 24.3. The van der Waals surface area contributed by atoms with Crippen molar-refractivity contribution in [2.24, 2.45) is 5.92 Å². The minimum atomic E-state index is 0.0426. The number of piperidine rings is 2. The molecule has 5 rings (SSSR count). The Morgan fingerprint density at radius 2 is 1.61 bits per heavy atom. The number of rotatable bonds is 7. The van der Waals surface area contributed by atoms with Gasteiger partial charge in [0.2, 0.25) is 5.91 Å². The molecule has 0 aliphatic carbocycles. The summed E-state index contributed by atoms with van der Waals surface area (Å²) >= 11 is 0. The Balaban J connectivity index is 1.10. The molecule has 188 valence electrons. The highest BCUT2D eigenvalue weighted by atomic mass is 16.5. The standard InChI is InChI=1S/C29H35N5O2/c1-22-7-5-6-10-26(22)36-29-27(30-15-16-31-29)34-19-11-24(12-20-34)28(35)32-25-13-17-33(18-14-25)21-23-8-3-2-4-9-23/h2-10,15-16,24-25H,11-14,17-21H2,1H3,(H,32,35). The summed E-state index contributed by atoms with van der Waals surface area (Å²) < 4.78 is 6.12. The normalized spacial score (nSPS) is 17.6. The third-order valence-corrected chi connectivity index (χ3v) is 7.30. The van der Waals surface area contributed by atoms with Gasteiger partial charge >= 0.3 is 0 Å². The number of hydrogen-bond acceptors (Lipinski definition) is 6. The third-order valence-electron chi connectivity index (χ3n) is 7.30. The lowest BCUT2D eigenvalue weighted by Crippen LogP contribution is -2.48. The van der Waals surface area contributed by atoms with Crippen molar-refractivity contribution in [3.63, 3.8) is 0 Å². The molecule has 1 N–H and O–H groups in total. The summed E-state index contributed by atoms with van der Waals surface area (Å²) in [7, 11) is 0. The van der Waals surface area contributed by atoms with E-state index in [0.29, 0.717) is 5.88 Å². The lowest BCUT2D eigenvalue weighted by Gasteiger charge is -2.35. The highest BCUT2D eigenvalue weighted by Crippen LogP contribution is 2.32. The summed E-state index contributed by atoms with van der Waals surface area (Å²) in [6.45, 7) is 6.57. The van der Waals surface area contributed by atoms with E-state index < -0.39 is 0 Å². The predicted octanol–water partition coefficient (Wildman–Crippen LogP) is 4.57. The van der Waals surface area contributed by atoms with Crippen molar-refractivity contribution in [1.82, 2.24) is 20.2 Å². The highest BCUT2D eigenvalue weighted by Gasteiger charge is 2.29. The van der Waals surface area contributed by atoms with E-state index in [1.165, 1.54) is 5.56 Å². The number of nitrogens with one attached hydrogen (secondary N) is 1. The molecule has 0 spiro atoms. The van der Waals surface area contributed by atoms with Crippen molar-refractivity contribution < 1.29 is 9.53 Å². The molecule has 2 aliphatic heterocycles. The van der Waals surface area contributed by atoms with Crippen LogP contribution >= 0.6 is 0 Å². The molecule has 1 aromatic heterocycles. The van der Waals surface area contributed by atoms with E-state index in [-0.39, 0.29) is 17.9 Å². The van der Waals surface area contributed by atoms with Gasteiger partial charge in [-0.25, -0.2) is 9.97 Å². The first-order chi connectivity index (χ1) is 17.7. The molecule has 2 saturated heterocycles. The van der Waals surface area contributed by atoms with Gasteiger partial charge < -0.3 is 15.0 Å². The third kappa shape index (κ3) is 6.02. The molecule has 3 heterocycles. The molecule has 0 atom stereocenters. The minimum absolute atomic E-state index is 0.0426. The van der Waals surface area contributed by atoms with Crippen molar-refractivity contribution in [2.45, 2.75) is 45.2 Å². The number of carbonyl (C=O) groups is 1. The molecule has 0 unspecified atom stereocenters. The zero-order valence-electron chi connectivity index (χ0n) is 21.0. The molecule has 0 radical (unpaired) electrons. The predicted molar refractivity (Wildman–Crippen MR) is 141 cm³/mol. The molecule has 1 amide bonds. The number of benzene rings is 2. The Morgan fingerprint density at radius 3 is 2.36 bits per heavy atom. The van der Waals surface area contributed by atoms with Crippen molar-refractivity contribution in [1.29, 1.82) is 0 Å². The van der Waals surface area contributed by atoms with Gasteiger partial charge in [0.1, 0.15) is 5.75 Å². The van der Waals surface area contributed by atoms with Crippen LogP contribution in [0.25, 0.3) is 0 Å². The number of likely N-dealkylation sites (tertiary alicyclic amines) is 1. The summed E-state index contributed by atoms with van der Waals surface area (Å²) in [5.74, 6) is 2.28. The van der Waals surface area contributed by atoms with E-state index in [9.17, 15) is 4.79 Å². The number of ether oxygens (including phenoxy) is 1. The van der Waals surface area contributed by atoms with E-state index in [2.05, 4.69) is 55.4 Å². The molecule has 7 heteroatoms. The Morgan fingerprint density at radius 1 is 0.917 bits per heavy atom. The van der Waals surface area contributed by atoms with Gasteiger partial charge in [-0.3, -0.25) is 9.69 Å². The van der Waals surface area contributed by atoms with Crippen LogP contribution in [0, 0.1) is 12.8 Å². The van der Waals surface area contributed by atoms with Gasteiger partial charge in [0.05, 0.1) is 0 Å². The van der Waals surface area contributed by atoms with Crippen molar-refractivity contribution in [3.05, 3.63) is 78.1 Å². The quantitative estimate of drug-likeness (QED) is 0.529. The second-order valence-corrected chi connectivity index (χ2v) is 9.86. The number of carbonyl (C=O) groups excluding carboxylic acids is 1. The highest BCUT2D eigenvalue weighted by molar-refractivity contribution is 5.79. The van der Waals surface area contributed by atoms with Gasteiger partial charge in [0, 0.05) is 57.1 Å². The zero-order valence-corrected chi connectivity index (χ0v) is 21.0. The minimum Gasteiger partial charge on any atom is -0.436 e. The Hall–Kier alpha value is -3.45. The molecule has 3 aromatic rings. The summed E-state index contributed by atoms with van der Waals surface area (Å²) in [6.07, 6.45) is 6.98. The number of para-hydroxylation sites is 1. The van der Waals surface area contributed by atoms with Gasteiger partial charge in [-0.05, 0) is 49.8 Å². The number of hydrogen-bond donors (Lipinski definition) is 1. The molecule has 2 fully saturated rings. The van der Waals surface area contributed by atoms with Crippen LogP contribution in [0.2, 0.25) is 0 Å². The maximum atomic E-state index is 13.0. The number of aryl methyl sites for hydroxylation is 1. The first-order valence-corrected chi connectivity index (χ1v) is 13.0. The average molecular weight is 486 g/mol. The molecule has 36 heavy (non-hydrogen) atoms. The molecule has 0 saturated carbocycles. The van der Waals surface area contributed by atoms with Crippen LogP contribution in [0.3, 0.4) is 0 Å². The van der Waals surface area contributed by atoms with Crippen LogP contribution in [0.15, 0.2) is 67.0 Å². The number of anilines is 1. The monoisotopic (exact) mass is 485 g/mol. The summed E-state index contributed by atoms with van der Waals surface area (Å²) in [5, 5.41) is 3.34. The van der Waals surface area contributed by atoms with E-state index >= 15 is 0 Å². The zero-order chi connectivity index (χ0) is 24.7. The van der Waals surface area contributed by atoms with E-state index in [0.717, 1.165) is 75.5 Å². The van der Waals surface area contributed by atoms with E-state index in [1.54, 1.807) is 12.4 Å². The summed E-state index contributed by atoms with van der Waals surface area (Å²) in [6, 6.07) is 18.8. The van der Waals surface area contributed by atoms with Crippen molar-refractivity contribution in [2.75, 3.05) is 31.1 Å². The van der Waals surface area contributed by atoms with Crippen LogP contribution in [0.5, 0.6) is 11.6 Å². The Bertz CT molecular complexity index is 1140. The lowest BCUT2D eigenvalue weighted by molar-refractivity contribution is -0.126. The van der Waals surface area contributed by atoms with Crippen LogP contribution in [-0.4, -0.2) is 53.0 Å². The Kier molecular flexibility index (Phi) is 7.76. The second kappa shape index (κ2) is 11.5. The molecule has 7 nitrogen and oxygen atoms in total. The van der Waals surface area contributed by atoms with Gasteiger partial charge in [-0.1, -0.05) is 48.5 Å². The number of aromatic nitrogens is 2. The maximum Gasteiger partial charge on any atom is 0.263 e.